The summed E-state index contributed by atoms with van der Waals surface area (Å²) in [7, 11) is -0.446. The van der Waals surface area contributed by atoms with E-state index >= 15 is 0 Å². The van der Waals surface area contributed by atoms with Crippen LogP contribution in [-0.4, -0.2) is 13.1 Å². The third kappa shape index (κ3) is 9.78. The fourth-order valence-corrected chi connectivity index (χ4v) is 6.19. The van der Waals surface area contributed by atoms with E-state index in [2.05, 4.69) is 140 Å². The summed E-state index contributed by atoms with van der Waals surface area (Å²) in [4.78, 5) is 2.51. The van der Waals surface area contributed by atoms with Crippen molar-refractivity contribution in [3.05, 3.63) is 121 Å². The predicted octanol–water partition coefficient (Wildman–Crippen LogP) is 8.16. The molecule has 4 aromatic carbocycles. The Labute approximate surface area is 231 Å². The average Bonchev–Trinajstić information content (AvgIpc) is 2.92. The van der Waals surface area contributed by atoms with E-state index in [1.165, 1.54) is 60.4 Å². The molecule has 35 heavy (non-hydrogen) atoms. The van der Waals surface area contributed by atoms with Crippen LogP contribution in [0.5, 0.6) is 0 Å². The first-order valence-corrected chi connectivity index (χ1v) is 13.9. The van der Waals surface area contributed by atoms with E-state index in [0.29, 0.717) is 0 Å². The van der Waals surface area contributed by atoms with Gasteiger partial charge in [0.25, 0.3) is 0 Å². The Morgan fingerprint density at radius 1 is 0.486 bits per heavy atom. The van der Waals surface area contributed by atoms with Gasteiger partial charge in [0.2, 0.25) is 0 Å². The van der Waals surface area contributed by atoms with E-state index in [4.69, 9.17) is 0 Å². The molecule has 0 radical (unpaired) electrons. The Bertz CT molecular complexity index is 924. The van der Waals surface area contributed by atoms with Gasteiger partial charge in [0.05, 0.1) is 0 Å². The molecule has 0 spiro atoms. The van der Waals surface area contributed by atoms with Crippen LogP contribution in [0.4, 0.5) is 5.69 Å². The van der Waals surface area contributed by atoms with Crippen molar-refractivity contribution in [2.45, 2.75) is 39.5 Å². The number of benzene rings is 4. The Balaban J connectivity index is 0.000000247. The highest BCUT2D eigenvalue weighted by molar-refractivity contribution is 14.0. The van der Waals surface area contributed by atoms with Crippen molar-refractivity contribution in [1.29, 1.82) is 0 Å². The zero-order valence-electron chi connectivity index (χ0n) is 21.1. The number of unbranched alkanes of at least 4 members (excludes halogenated alkanes) is 2. The fraction of sp³-hybridized carbons (Fsp3) is 0.250. The van der Waals surface area contributed by atoms with Crippen molar-refractivity contribution in [2.75, 3.05) is 18.0 Å². The van der Waals surface area contributed by atoms with Crippen molar-refractivity contribution in [1.82, 2.24) is 0 Å². The fourth-order valence-electron chi connectivity index (χ4n) is 3.89. The molecule has 4 rings (SSSR count). The maximum Gasteiger partial charge on any atom is 0.0366 e. The maximum absolute atomic E-state index is 2.51. The topological polar surface area (TPSA) is 3.24 Å². The smallest absolute Gasteiger partial charge is 0.0366 e. The second kappa shape index (κ2) is 17.3. The molecule has 1 nitrogen and oxygen atoms in total. The van der Waals surface area contributed by atoms with Gasteiger partial charge in [-0.2, -0.15) is 0 Å². The standard InChI is InChI=1S/C18H15P.C14H23N.HI/c1-4-10-16(11-5-1)19(17-12-6-2-7-13-17)18-14-8-3-9-15-18;1-3-5-12-15(13-6-4-2)14-10-8-7-9-11-14;/h1-15H;7-11H,3-6,12-13H2,1-2H3;1H. The number of nitrogens with zero attached hydrogens (tertiary/aromatic N) is 1. The number of rotatable bonds is 10. The SMILES string of the molecule is CCCCN(CCCC)c1ccccc1.I.c1ccc(P(c2ccccc2)c2ccccc2)cc1. The molecule has 0 aromatic heterocycles. The van der Waals surface area contributed by atoms with Crippen LogP contribution in [-0.2, 0) is 0 Å². The predicted molar refractivity (Wildman–Crippen MR) is 169 cm³/mol. The molecule has 184 valence electrons. The van der Waals surface area contributed by atoms with Crippen molar-refractivity contribution < 1.29 is 0 Å². The van der Waals surface area contributed by atoms with Gasteiger partial charge in [-0.15, -0.1) is 24.0 Å². The minimum Gasteiger partial charge on any atom is -0.372 e. The Kier molecular flexibility index (Phi) is 14.4. The number of halogens is 1. The average molecular weight is 596 g/mol. The quantitative estimate of drug-likeness (QED) is 0.132. The van der Waals surface area contributed by atoms with Crippen molar-refractivity contribution in [3.63, 3.8) is 0 Å². The molecule has 0 aliphatic rings. The Hall–Kier alpha value is -2.16. The van der Waals surface area contributed by atoms with Crippen LogP contribution in [0.25, 0.3) is 0 Å². The van der Waals surface area contributed by atoms with Crippen molar-refractivity contribution in [2.24, 2.45) is 0 Å². The van der Waals surface area contributed by atoms with Gasteiger partial charge in [0, 0.05) is 18.8 Å². The molecule has 0 fully saturated rings. The lowest BCUT2D eigenvalue weighted by Crippen LogP contribution is -2.25. The van der Waals surface area contributed by atoms with Gasteiger partial charge in [0.15, 0.2) is 0 Å². The van der Waals surface area contributed by atoms with E-state index in [-0.39, 0.29) is 24.0 Å². The lowest BCUT2D eigenvalue weighted by atomic mass is 10.2. The van der Waals surface area contributed by atoms with Crippen LogP contribution in [0.15, 0.2) is 121 Å². The molecule has 0 saturated heterocycles. The summed E-state index contributed by atoms with van der Waals surface area (Å²) >= 11 is 0. The van der Waals surface area contributed by atoms with Crippen LogP contribution in [0.2, 0.25) is 0 Å². The van der Waals surface area contributed by atoms with E-state index in [0.717, 1.165) is 0 Å². The van der Waals surface area contributed by atoms with Crippen LogP contribution < -0.4 is 20.8 Å². The van der Waals surface area contributed by atoms with Gasteiger partial charge in [-0.05, 0) is 48.8 Å². The highest BCUT2D eigenvalue weighted by Crippen LogP contribution is 2.32. The first kappa shape index (κ1) is 29.1. The number of anilines is 1. The maximum atomic E-state index is 2.51. The summed E-state index contributed by atoms with van der Waals surface area (Å²) in [5.41, 5.74) is 1.37. The molecular weight excluding hydrogens is 556 g/mol. The summed E-state index contributed by atoms with van der Waals surface area (Å²) in [5.74, 6) is 0. The lowest BCUT2D eigenvalue weighted by molar-refractivity contribution is 0.678. The number of hydrogen-bond acceptors (Lipinski definition) is 1. The molecule has 0 aliphatic heterocycles. The monoisotopic (exact) mass is 595 g/mol. The second-order valence-corrected chi connectivity index (χ2v) is 10.6. The highest BCUT2D eigenvalue weighted by atomic mass is 127. The molecule has 3 heteroatoms. The second-order valence-electron chi connectivity index (χ2n) is 8.37. The van der Waals surface area contributed by atoms with Gasteiger partial charge >= 0.3 is 0 Å². The Morgan fingerprint density at radius 3 is 1.11 bits per heavy atom. The molecule has 0 atom stereocenters. The summed E-state index contributed by atoms with van der Waals surface area (Å²) in [6.45, 7) is 6.90. The van der Waals surface area contributed by atoms with Crippen LogP contribution in [0.1, 0.15) is 39.5 Å². The van der Waals surface area contributed by atoms with Gasteiger partial charge < -0.3 is 4.90 Å². The normalized spacial score (nSPS) is 10.1. The van der Waals surface area contributed by atoms with Gasteiger partial charge in [-0.25, -0.2) is 0 Å². The van der Waals surface area contributed by atoms with Crippen molar-refractivity contribution in [3.8, 4) is 0 Å². The molecule has 0 heterocycles. The first-order chi connectivity index (χ1) is 16.8. The lowest BCUT2D eigenvalue weighted by Gasteiger charge is -2.24. The number of para-hydroxylation sites is 1. The largest absolute Gasteiger partial charge is 0.372 e. The van der Waals surface area contributed by atoms with E-state index in [1.807, 2.05) is 0 Å². The molecule has 4 aromatic rings. The minimum atomic E-state index is -0.446. The molecule has 0 N–H and O–H groups in total. The zero-order valence-corrected chi connectivity index (χ0v) is 24.3. The molecule has 0 amide bonds. The van der Waals surface area contributed by atoms with Crippen molar-refractivity contribution >= 4 is 53.5 Å². The van der Waals surface area contributed by atoms with Crippen LogP contribution in [0, 0.1) is 0 Å². The molecule has 0 saturated carbocycles. The zero-order chi connectivity index (χ0) is 23.8. The molecule has 0 aliphatic carbocycles. The van der Waals surface area contributed by atoms with E-state index in [1.54, 1.807) is 0 Å². The molecule has 0 unspecified atom stereocenters. The molecular formula is C32H39INP. The molecule has 0 bridgehead atoms. The van der Waals surface area contributed by atoms with Crippen LogP contribution >= 0.6 is 31.9 Å². The summed E-state index contributed by atoms with van der Waals surface area (Å²) in [6, 6.07) is 43.1. The van der Waals surface area contributed by atoms with E-state index < -0.39 is 7.92 Å². The summed E-state index contributed by atoms with van der Waals surface area (Å²) < 4.78 is 0. The third-order valence-electron chi connectivity index (χ3n) is 5.73. The van der Waals surface area contributed by atoms with Crippen LogP contribution in [0.3, 0.4) is 0 Å². The first-order valence-electron chi connectivity index (χ1n) is 12.6. The van der Waals surface area contributed by atoms with Gasteiger partial charge in [0.1, 0.15) is 0 Å². The van der Waals surface area contributed by atoms with Gasteiger partial charge in [-0.1, -0.05) is 136 Å². The highest BCUT2D eigenvalue weighted by Gasteiger charge is 2.15. The number of hydrogen-bond donors (Lipinski definition) is 0. The summed E-state index contributed by atoms with van der Waals surface area (Å²) in [6.07, 6.45) is 5.13. The minimum absolute atomic E-state index is 0. The Morgan fingerprint density at radius 2 is 0.800 bits per heavy atom. The van der Waals surface area contributed by atoms with E-state index in [9.17, 15) is 0 Å². The third-order valence-corrected chi connectivity index (χ3v) is 8.17. The summed E-state index contributed by atoms with van der Waals surface area (Å²) in [5, 5.41) is 4.19. The van der Waals surface area contributed by atoms with Gasteiger partial charge in [-0.3, -0.25) is 0 Å².